The predicted octanol–water partition coefficient (Wildman–Crippen LogP) is 6.98. The van der Waals surface area contributed by atoms with E-state index in [0.717, 1.165) is 39.6 Å². The van der Waals surface area contributed by atoms with E-state index < -0.39 is 0 Å². The van der Waals surface area contributed by atoms with E-state index in [-0.39, 0.29) is 11.9 Å². The minimum Gasteiger partial charge on any atom is -0.364 e. The van der Waals surface area contributed by atoms with Crippen molar-refractivity contribution in [2.75, 3.05) is 4.90 Å². The van der Waals surface area contributed by atoms with Gasteiger partial charge in [0.05, 0.1) is 23.1 Å². The van der Waals surface area contributed by atoms with E-state index >= 15 is 0 Å². The van der Waals surface area contributed by atoms with Crippen LogP contribution < -0.4 is 4.90 Å². The molecule has 0 bridgehead atoms. The van der Waals surface area contributed by atoms with Crippen molar-refractivity contribution in [2.45, 2.75) is 38.1 Å². The Bertz CT molecular complexity index is 1270. The molecule has 0 saturated heterocycles. The SMILES string of the molecule is C=C1c2[nH]nc(-c3ccc(F)cc3)c2C(C2CCCCC2)N1c1ccc(-c2ccon2)cc1. The Balaban J connectivity index is 1.44. The molecule has 6 heteroatoms. The molecule has 0 spiro atoms. The van der Waals surface area contributed by atoms with E-state index in [1.165, 1.54) is 49.8 Å². The van der Waals surface area contributed by atoms with Crippen molar-refractivity contribution in [1.82, 2.24) is 15.4 Å². The summed E-state index contributed by atoms with van der Waals surface area (Å²) in [7, 11) is 0. The summed E-state index contributed by atoms with van der Waals surface area (Å²) in [5.74, 6) is 0.261. The summed E-state index contributed by atoms with van der Waals surface area (Å²) in [4.78, 5) is 2.36. The maximum atomic E-state index is 13.6. The minimum absolute atomic E-state index is 0.143. The number of H-pyrrole nitrogens is 1. The molecule has 33 heavy (non-hydrogen) atoms. The van der Waals surface area contributed by atoms with Gasteiger partial charge >= 0.3 is 0 Å². The Morgan fingerprint density at radius 1 is 0.939 bits per heavy atom. The van der Waals surface area contributed by atoms with E-state index in [9.17, 15) is 4.39 Å². The number of fused-ring (bicyclic) bond motifs is 1. The molecule has 1 saturated carbocycles. The van der Waals surface area contributed by atoms with Crippen molar-refractivity contribution in [3.63, 3.8) is 0 Å². The van der Waals surface area contributed by atoms with Gasteiger partial charge in [-0.15, -0.1) is 0 Å². The number of halogens is 1. The van der Waals surface area contributed by atoms with Crippen LogP contribution in [-0.2, 0) is 0 Å². The lowest BCUT2D eigenvalue weighted by atomic mass is 9.80. The Morgan fingerprint density at radius 3 is 2.36 bits per heavy atom. The molecular formula is C27H25FN4O. The van der Waals surface area contributed by atoms with Crippen molar-refractivity contribution < 1.29 is 8.91 Å². The number of nitrogens with zero attached hydrogens (tertiary/aromatic N) is 3. The molecule has 1 fully saturated rings. The van der Waals surface area contributed by atoms with Crippen molar-refractivity contribution in [3.05, 3.63) is 84.5 Å². The number of nitrogens with one attached hydrogen (secondary N) is 1. The van der Waals surface area contributed by atoms with Crippen LogP contribution in [0.3, 0.4) is 0 Å². The molecule has 6 rings (SSSR count). The molecule has 2 aromatic carbocycles. The van der Waals surface area contributed by atoms with Crippen LogP contribution >= 0.6 is 0 Å². The fourth-order valence-corrected chi connectivity index (χ4v) is 5.47. The topological polar surface area (TPSA) is 58.0 Å². The molecule has 1 atom stereocenters. The second-order valence-corrected chi connectivity index (χ2v) is 8.96. The molecule has 1 unspecified atom stereocenters. The third-order valence-corrected chi connectivity index (χ3v) is 7.05. The Morgan fingerprint density at radius 2 is 1.67 bits per heavy atom. The van der Waals surface area contributed by atoms with E-state index in [1.54, 1.807) is 6.26 Å². The Kier molecular flexibility index (Phi) is 4.86. The highest BCUT2D eigenvalue weighted by Gasteiger charge is 2.42. The molecule has 5 nitrogen and oxygen atoms in total. The molecule has 2 aliphatic rings. The van der Waals surface area contributed by atoms with Crippen molar-refractivity contribution in [2.24, 2.45) is 5.92 Å². The smallest absolute Gasteiger partial charge is 0.124 e. The first-order valence-corrected chi connectivity index (χ1v) is 11.5. The summed E-state index contributed by atoms with van der Waals surface area (Å²) in [6, 6.07) is 17.0. The maximum absolute atomic E-state index is 13.6. The molecule has 4 aromatic rings. The van der Waals surface area contributed by atoms with Crippen LogP contribution in [-0.4, -0.2) is 15.4 Å². The van der Waals surface area contributed by atoms with Crippen molar-refractivity contribution >= 4 is 11.4 Å². The van der Waals surface area contributed by atoms with Gasteiger partial charge in [0.15, 0.2) is 0 Å². The van der Waals surface area contributed by atoms with Gasteiger partial charge < -0.3 is 9.42 Å². The zero-order chi connectivity index (χ0) is 22.4. The highest BCUT2D eigenvalue weighted by atomic mass is 19.1. The predicted molar refractivity (Wildman–Crippen MR) is 127 cm³/mol. The second kappa shape index (κ2) is 8.03. The van der Waals surface area contributed by atoms with Gasteiger partial charge in [-0.25, -0.2) is 4.39 Å². The van der Waals surface area contributed by atoms with Gasteiger partial charge in [-0.2, -0.15) is 5.10 Å². The van der Waals surface area contributed by atoms with Crippen LogP contribution in [0.1, 0.15) is 49.4 Å². The zero-order valence-corrected chi connectivity index (χ0v) is 18.3. The summed E-state index contributed by atoms with van der Waals surface area (Å²) in [6.45, 7) is 4.46. The van der Waals surface area contributed by atoms with Crippen molar-refractivity contribution in [3.8, 4) is 22.5 Å². The summed E-state index contributed by atoms with van der Waals surface area (Å²) in [6.07, 6.45) is 7.72. The largest absolute Gasteiger partial charge is 0.364 e. The lowest BCUT2D eigenvalue weighted by Gasteiger charge is -2.36. The minimum atomic E-state index is -0.243. The van der Waals surface area contributed by atoms with Crippen molar-refractivity contribution in [1.29, 1.82) is 0 Å². The van der Waals surface area contributed by atoms with Gasteiger partial charge in [0.2, 0.25) is 0 Å². The number of aromatic nitrogens is 3. The van der Waals surface area contributed by atoms with Crippen LogP contribution in [0, 0.1) is 11.7 Å². The first-order valence-electron chi connectivity index (χ1n) is 11.5. The highest BCUT2D eigenvalue weighted by Crippen LogP contribution is 2.52. The summed E-state index contributed by atoms with van der Waals surface area (Å²) >= 11 is 0. The molecule has 3 heterocycles. The Labute approximate surface area is 191 Å². The van der Waals surface area contributed by atoms with Gasteiger partial charge in [-0.1, -0.05) is 43.1 Å². The Hall–Kier alpha value is -3.67. The second-order valence-electron chi connectivity index (χ2n) is 8.96. The first kappa shape index (κ1) is 20.0. The number of rotatable bonds is 4. The van der Waals surface area contributed by atoms with Gasteiger partial charge in [-0.05, 0) is 55.2 Å². The van der Waals surface area contributed by atoms with Crippen LogP contribution in [0.25, 0.3) is 28.2 Å². The van der Waals surface area contributed by atoms with Gasteiger partial charge in [0, 0.05) is 28.4 Å². The number of benzene rings is 2. The lowest BCUT2D eigenvalue weighted by molar-refractivity contribution is 0.311. The summed E-state index contributed by atoms with van der Waals surface area (Å²) in [5.41, 5.74) is 7.82. The fourth-order valence-electron chi connectivity index (χ4n) is 5.47. The summed E-state index contributed by atoms with van der Waals surface area (Å²) in [5, 5.41) is 11.9. The van der Waals surface area contributed by atoms with Crippen LogP contribution in [0.5, 0.6) is 0 Å². The molecule has 2 aromatic heterocycles. The van der Waals surface area contributed by atoms with E-state index in [4.69, 9.17) is 4.52 Å². The zero-order valence-electron chi connectivity index (χ0n) is 18.3. The van der Waals surface area contributed by atoms with Crippen LogP contribution in [0.4, 0.5) is 10.1 Å². The number of hydrogen-bond donors (Lipinski definition) is 1. The fraction of sp³-hybridized carbons (Fsp3) is 0.259. The highest BCUT2D eigenvalue weighted by molar-refractivity contribution is 5.88. The number of hydrogen-bond acceptors (Lipinski definition) is 4. The van der Waals surface area contributed by atoms with Gasteiger partial charge in [0.25, 0.3) is 0 Å². The number of aromatic amines is 1. The quantitative estimate of drug-likeness (QED) is 0.372. The third-order valence-electron chi connectivity index (χ3n) is 7.05. The molecule has 166 valence electrons. The van der Waals surface area contributed by atoms with Crippen LogP contribution in [0.2, 0.25) is 0 Å². The molecule has 0 radical (unpaired) electrons. The molecule has 0 amide bonds. The van der Waals surface area contributed by atoms with E-state index in [2.05, 4.69) is 51.1 Å². The summed E-state index contributed by atoms with van der Waals surface area (Å²) < 4.78 is 18.6. The van der Waals surface area contributed by atoms with E-state index in [1.807, 2.05) is 18.2 Å². The molecular weight excluding hydrogens is 415 g/mol. The molecule has 1 aliphatic carbocycles. The lowest BCUT2D eigenvalue weighted by Crippen LogP contribution is -2.29. The molecule has 1 N–H and O–H groups in total. The van der Waals surface area contributed by atoms with Gasteiger partial charge in [-0.3, -0.25) is 5.10 Å². The monoisotopic (exact) mass is 440 g/mol. The third kappa shape index (κ3) is 3.37. The average Bonchev–Trinajstić information content (AvgIpc) is 3.59. The maximum Gasteiger partial charge on any atom is 0.124 e. The number of anilines is 1. The average molecular weight is 441 g/mol. The standard InChI is InChI=1S/C27H25FN4O/c1-17-25-24(26(30-29-25)19-7-11-21(28)12-8-19)27(20-5-3-2-4-6-20)32(17)22-13-9-18(10-14-22)23-15-16-33-31-23/h7-16,20,27H,1-6H2,(H,29,30). The van der Waals surface area contributed by atoms with Gasteiger partial charge in [0.1, 0.15) is 17.8 Å². The van der Waals surface area contributed by atoms with Crippen LogP contribution in [0.15, 0.2) is 72.0 Å². The van der Waals surface area contributed by atoms with E-state index in [0.29, 0.717) is 5.92 Å². The molecule has 1 aliphatic heterocycles. The first-order chi connectivity index (χ1) is 16.2. The normalized spacial score (nSPS) is 18.6.